The molecule has 0 amide bonds. The lowest BCUT2D eigenvalue weighted by Gasteiger charge is -2.09. The number of aromatic amines is 2. The summed E-state index contributed by atoms with van der Waals surface area (Å²) in [5.74, 6) is -0.264. The number of H-pyrrole nitrogens is 2. The Morgan fingerprint density at radius 2 is 1.52 bits per heavy atom. The summed E-state index contributed by atoms with van der Waals surface area (Å²) in [7, 11) is 0. The van der Waals surface area contributed by atoms with Gasteiger partial charge in [0.05, 0.1) is 23.7 Å². The van der Waals surface area contributed by atoms with Crippen LogP contribution in [0.2, 0.25) is 0 Å². The highest BCUT2D eigenvalue weighted by Crippen LogP contribution is 2.28. The van der Waals surface area contributed by atoms with Crippen LogP contribution in [0.5, 0.6) is 0 Å². The first-order valence-corrected chi connectivity index (χ1v) is 10.7. The second kappa shape index (κ2) is 9.44. The highest BCUT2D eigenvalue weighted by molar-refractivity contribution is 7.98. The van der Waals surface area contributed by atoms with Crippen LogP contribution >= 0.6 is 11.8 Å². The predicted molar refractivity (Wildman–Crippen MR) is 120 cm³/mol. The third-order valence-corrected chi connectivity index (χ3v) is 5.35. The molecular weight excluding hydrogens is 412 g/mol. The minimum Gasteiger partial charge on any atom is -0.461 e. The minimum absolute atomic E-state index is 0.127. The normalized spacial score (nSPS) is 10.7. The van der Waals surface area contributed by atoms with Gasteiger partial charge in [-0.05, 0) is 13.0 Å². The number of carbonyl (C=O) groups excluding carboxylic acids is 1. The van der Waals surface area contributed by atoms with Crippen molar-refractivity contribution in [2.45, 2.75) is 17.8 Å². The molecule has 0 radical (unpaired) electrons. The van der Waals surface area contributed by atoms with Crippen molar-refractivity contribution in [1.82, 2.24) is 19.9 Å². The van der Waals surface area contributed by atoms with Crippen LogP contribution in [0.3, 0.4) is 0 Å². The molecule has 2 aromatic carbocycles. The Hall–Kier alpha value is -3.65. The topological polar surface area (TPSA) is 101 Å². The number of carbonyl (C=O) groups is 1. The molecule has 4 rings (SSSR count). The summed E-state index contributed by atoms with van der Waals surface area (Å²) in [6, 6.07) is 21.7. The maximum absolute atomic E-state index is 12.1. The van der Waals surface area contributed by atoms with E-state index in [1.54, 1.807) is 6.92 Å². The van der Waals surface area contributed by atoms with Crippen LogP contribution in [0.4, 0.5) is 0 Å². The molecule has 156 valence electrons. The lowest BCUT2D eigenvalue weighted by molar-refractivity contribution is 0.0519. The number of rotatable bonds is 7. The zero-order chi connectivity index (χ0) is 21.6. The van der Waals surface area contributed by atoms with Gasteiger partial charge < -0.3 is 9.72 Å². The van der Waals surface area contributed by atoms with E-state index in [1.165, 1.54) is 11.8 Å². The van der Waals surface area contributed by atoms with Crippen molar-refractivity contribution < 1.29 is 9.53 Å². The van der Waals surface area contributed by atoms with Gasteiger partial charge in [-0.25, -0.2) is 19.6 Å². The van der Waals surface area contributed by atoms with Gasteiger partial charge in [-0.1, -0.05) is 72.4 Å². The summed E-state index contributed by atoms with van der Waals surface area (Å²) in [5, 5.41) is 0.539. The molecule has 4 aromatic rings. The van der Waals surface area contributed by atoms with Crippen molar-refractivity contribution in [3.63, 3.8) is 0 Å². The number of benzene rings is 2. The van der Waals surface area contributed by atoms with Crippen molar-refractivity contribution in [1.29, 1.82) is 0 Å². The molecule has 8 heteroatoms. The number of thioether (sulfide) groups is 1. The number of hydrogen-bond acceptors (Lipinski definition) is 6. The number of aromatic nitrogens is 4. The van der Waals surface area contributed by atoms with Gasteiger partial charge in [-0.2, -0.15) is 0 Å². The van der Waals surface area contributed by atoms with Crippen molar-refractivity contribution >= 4 is 17.7 Å². The Bertz CT molecular complexity index is 1180. The van der Waals surface area contributed by atoms with E-state index in [0.717, 1.165) is 22.5 Å². The molecule has 0 spiro atoms. The second-order valence-electron chi connectivity index (χ2n) is 6.59. The van der Waals surface area contributed by atoms with Crippen LogP contribution in [0, 0.1) is 0 Å². The van der Waals surface area contributed by atoms with Gasteiger partial charge in [-0.3, -0.25) is 4.98 Å². The highest BCUT2D eigenvalue weighted by Gasteiger charge is 2.17. The van der Waals surface area contributed by atoms with E-state index in [-0.39, 0.29) is 12.3 Å². The maximum atomic E-state index is 12.1. The van der Waals surface area contributed by atoms with E-state index in [2.05, 4.69) is 9.97 Å². The van der Waals surface area contributed by atoms with Crippen LogP contribution in [0.25, 0.3) is 22.5 Å². The summed E-state index contributed by atoms with van der Waals surface area (Å²) in [6.07, 6.45) is 0. The number of nitrogens with one attached hydrogen (secondary N) is 2. The third-order valence-electron chi connectivity index (χ3n) is 4.47. The molecule has 0 fully saturated rings. The van der Waals surface area contributed by atoms with Crippen LogP contribution in [0.1, 0.15) is 23.1 Å². The first-order chi connectivity index (χ1) is 15.1. The van der Waals surface area contributed by atoms with Gasteiger partial charge in [0, 0.05) is 16.9 Å². The van der Waals surface area contributed by atoms with Crippen molar-refractivity contribution in [2.75, 3.05) is 6.61 Å². The van der Waals surface area contributed by atoms with Crippen LogP contribution < -0.4 is 5.69 Å². The second-order valence-corrected chi connectivity index (χ2v) is 7.54. The molecule has 0 saturated carbocycles. The van der Waals surface area contributed by atoms with Gasteiger partial charge >= 0.3 is 11.7 Å². The Balaban J connectivity index is 1.67. The summed E-state index contributed by atoms with van der Waals surface area (Å²) in [6.45, 7) is 1.94. The zero-order valence-electron chi connectivity index (χ0n) is 16.8. The molecule has 0 bridgehead atoms. The smallest absolute Gasteiger partial charge is 0.356 e. The fourth-order valence-electron chi connectivity index (χ4n) is 3.05. The van der Waals surface area contributed by atoms with E-state index in [1.807, 2.05) is 66.7 Å². The molecule has 2 aromatic heterocycles. The average molecular weight is 433 g/mol. The molecule has 0 aliphatic rings. The molecule has 7 nitrogen and oxygen atoms in total. The van der Waals surface area contributed by atoms with E-state index in [4.69, 9.17) is 14.7 Å². The monoisotopic (exact) mass is 432 g/mol. The molecule has 0 aliphatic heterocycles. The number of hydrogen-bond donors (Lipinski definition) is 2. The van der Waals surface area contributed by atoms with E-state index >= 15 is 0 Å². The number of ether oxygens (including phenoxy) is 1. The molecule has 2 N–H and O–H groups in total. The Labute approximate surface area is 182 Å². The standard InChI is InChI=1S/C23H20N4O3S/c1-2-30-21(28)20-19(24-22(29)27-20)14-31-23-25-17(15-9-5-3-6-10-15)13-18(26-23)16-11-7-4-8-12-16/h3-13H,2,14H2,1H3,(H2,24,27,29). The minimum atomic E-state index is -0.569. The first-order valence-electron chi connectivity index (χ1n) is 9.75. The highest BCUT2D eigenvalue weighted by atomic mass is 32.2. The van der Waals surface area contributed by atoms with Gasteiger partial charge in [0.1, 0.15) is 5.69 Å². The maximum Gasteiger partial charge on any atom is 0.356 e. The number of nitrogens with zero attached hydrogens (tertiary/aromatic N) is 2. The van der Waals surface area contributed by atoms with Gasteiger partial charge in [-0.15, -0.1) is 0 Å². The summed E-state index contributed by atoms with van der Waals surface area (Å²) in [4.78, 5) is 38.4. The van der Waals surface area contributed by atoms with Crippen molar-refractivity contribution in [2.24, 2.45) is 0 Å². The van der Waals surface area contributed by atoms with Crippen molar-refractivity contribution in [3.05, 3.63) is 88.6 Å². The Kier molecular flexibility index (Phi) is 6.28. The molecule has 0 saturated heterocycles. The Morgan fingerprint density at radius 1 is 0.935 bits per heavy atom. The SMILES string of the molecule is CCOC(=O)c1[nH]c(=O)[nH]c1CSc1nc(-c2ccccc2)cc(-c2ccccc2)n1. The quantitative estimate of drug-likeness (QED) is 0.257. The van der Waals surface area contributed by atoms with Gasteiger partial charge in [0.2, 0.25) is 0 Å². The van der Waals surface area contributed by atoms with E-state index in [0.29, 0.717) is 16.6 Å². The van der Waals surface area contributed by atoms with Crippen molar-refractivity contribution in [3.8, 4) is 22.5 Å². The fourth-order valence-corrected chi connectivity index (χ4v) is 3.86. The molecule has 31 heavy (non-hydrogen) atoms. The van der Waals surface area contributed by atoms with Crippen LogP contribution in [0.15, 0.2) is 76.7 Å². The first kappa shape index (κ1) is 20.6. The van der Waals surface area contributed by atoms with Crippen LogP contribution in [-0.2, 0) is 10.5 Å². The zero-order valence-corrected chi connectivity index (χ0v) is 17.6. The summed E-state index contributed by atoms with van der Waals surface area (Å²) in [5.41, 5.74) is 3.67. The van der Waals surface area contributed by atoms with E-state index in [9.17, 15) is 9.59 Å². The van der Waals surface area contributed by atoms with E-state index < -0.39 is 11.7 Å². The molecule has 0 unspecified atom stereocenters. The lowest BCUT2D eigenvalue weighted by Crippen LogP contribution is -2.09. The molecule has 0 atom stereocenters. The lowest BCUT2D eigenvalue weighted by atomic mass is 10.1. The summed E-state index contributed by atoms with van der Waals surface area (Å²) < 4.78 is 5.02. The predicted octanol–water partition coefficient (Wildman–Crippen LogP) is 4.30. The summed E-state index contributed by atoms with van der Waals surface area (Å²) >= 11 is 1.33. The van der Waals surface area contributed by atoms with Crippen LogP contribution in [-0.4, -0.2) is 32.5 Å². The molecular formula is C23H20N4O3S. The largest absolute Gasteiger partial charge is 0.461 e. The van der Waals surface area contributed by atoms with Gasteiger partial charge in [0.25, 0.3) is 0 Å². The number of imidazole rings is 1. The third kappa shape index (κ3) is 4.92. The average Bonchev–Trinajstić information content (AvgIpc) is 3.19. The molecule has 2 heterocycles. The Morgan fingerprint density at radius 3 is 2.06 bits per heavy atom. The van der Waals surface area contributed by atoms with Gasteiger partial charge in [0.15, 0.2) is 5.16 Å². The fraction of sp³-hybridized carbons (Fsp3) is 0.130. The number of esters is 1. The molecule has 0 aliphatic carbocycles.